The molecule has 3 N–H and O–H groups in total. The van der Waals surface area contributed by atoms with E-state index in [1.54, 1.807) is 13.0 Å². The molecule has 18 heavy (non-hydrogen) atoms. The van der Waals surface area contributed by atoms with Gasteiger partial charge in [0, 0.05) is 17.7 Å². The number of H-pyrrole nitrogens is 1. The van der Waals surface area contributed by atoms with E-state index in [9.17, 15) is 14.9 Å². The normalized spacial score (nSPS) is 10.3. The average Bonchev–Trinajstić information content (AvgIpc) is 2.35. The van der Waals surface area contributed by atoms with E-state index in [4.69, 9.17) is 5.73 Å². The second-order valence-corrected chi connectivity index (χ2v) is 3.73. The zero-order valence-corrected chi connectivity index (χ0v) is 9.51. The van der Waals surface area contributed by atoms with Gasteiger partial charge in [-0.05, 0) is 6.92 Å². The Labute approximate surface area is 101 Å². The number of non-ortho nitro benzene ring substituents is 1. The molecule has 92 valence electrons. The van der Waals surface area contributed by atoms with Crippen LogP contribution < -0.4 is 11.3 Å². The molecule has 0 aliphatic rings. The summed E-state index contributed by atoms with van der Waals surface area (Å²) in [6, 6.07) is 5.82. The number of hydrogen-bond acceptors (Lipinski definition) is 5. The van der Waals surface area contributed by atoms with Gasteiger partial charge in [0.05, 0.1) is 10.5 Å². The maximum atomic E-state index is 11.5. The number of aromatic nitrogens is 2. The van der Waals surface area contributed by atoms with Crippen LogP contribution in [0.1, 0.15) is 5.56 Å². The third-order valence-electron chi connectivity index (χ3n) is 2.52. The highest BCUT2D eigenvalue weighted by Crippen LogP contribution is 2.20. The lowest BCUT2D eigenvalue weighted by molar-refractivity contribution is -0.384. The minimum absolute atomic E-state index is 0.0747. The Morgan fingerprint density at radius 1 is 1.44 bits per heavy atom. The number of nitro groups is 1. The monoisotopic (exact) mass is 246 g/mol. The van der Waals surface area contributed by atoms with Gasteiger partial charge in [-0.3, -0.25) is 14.9 Å². The van der Waals surface area contributed by atoms with Crippen LogP contribution in [0.25, 0.3) is 11.4 Å². The predicted molar refractivity (Wildman–Crippen MR) is 66.1 cm³/mol. The molecular formula is C11H10N4O3. The number of rotatable bonds is 2. The first-order valence-electron chi connectivity index (χ1n) is 5.10. The molecule has 0 spiro atoms. The summed E-state index contributed by atoms with van der Waals surface area (Å²) in [5.41, 5.74) is 5.92. The number of nitrogen functional groups attached to an aromatic ring is 1. The molecular weight excluding hydrogens is 236 g/mol. The van der Waals surface area contributed by atoms with E-state index in [0.29, 0.717) is 11.1 Å². The Morgan fingerprint density at radius 3 is 2.78 bits per heavy atom. The van der Waals surface area contributed by atoms with Gasteiger partial charge in [-0.15, -0.1) is 0 Å². The van der Waals surface area contributed by atoms with E-state index in [-0.39, 0.29) is 22.9 Å². The number of nitrogens with two attached hydrogens (primary N) is 1. The van der Waals surface area contributed by atoms with Crippen molar-refractivity contribution in [2.24, 2.45) is 0 Å². The molecule has 2 aromatic rings. The lowest BCUT2D eigenvalue weighted by Gasteiger charge is -2.03. The van der Waals surface area contributed by atoms with E-state index < -0.39 is 4.92 Å². The van der Waals surface area contributed by atoms with E-state index in [0.717, 1.165) is 0 Å². The second-order valence-electron chi connectivity index (χ2n) is 3.73. The van der Waals surface area contributed by atoms with Gasteiger partial charge in [-0.25, -0.2) is 4.98 Å². The number of aromatic amines is 1. The lowest BCUT2D eigenvalue weighted by Crippen LogP contribution is -2.15. The van der Waals surface area contributed by atoms with Crippen LogP contribution in [-0.4, -0.2) is 14.9 Å². The Hall–Kier alpha value is -2.70. The Kier molecular flexibility index (Phi) is 2.80. The molecule has 1 aromatic heterocycles. The van der Waals surface area contributed by atoms with Crippen molar-refractivity contribution in [3.63, 3.8) is 0 Å². The molecule has 0 aliphatic carbocycles. The van der Waals surface area contributed by atoms with E-state index in [2.05, 4.69) is 9.97 Å². The van der Waals surface area contributed by atoms with E-state index >= 15 is 0 Å². The van der Waals surface area contributed by atoms with Crippen molar-refractivity contribution in [2.75, 3.05) is 5.73 Å². The molecule has 0 atom stereocenters. The highest BCUT2D eigenvalue weighted by Gasteiger charge is 2.10. The highest BCUT2D eigenvalue weighted by atomic mass is 16.6. The summed E-state index contributed by atoms with van der Waals surface area (Å²) in [5, 5.41) is 10.7. The molecule has 0 fully saturated rings. The summed E-state index contributed by atoms with van der Waals surface area (Å²) in [6.07, 6.45) is 0. The van der Waals surface area contributed by atoms with Gasteiger partial charge >= 0.3 is 0 Å². The third kappa shape index (κ3) is 2.05. The van der Waals surface area contributed by atoms with Gasteiger partial charge in [0.15, 0.2) is 0 Å². The largest absolute Gasteiger partial charge is 0.383 e. The van der Waals surface area contributed by atoms with Crippen molar-refractivity contribution in [1.29, 1.82) is 0 Å². The number of nitro benzene ring substituents is 1. The topological polar surface area (TPSA) is 115 Å². The van der Waals surface area contributed by atoms with Crippen molar-refractivity contribution in [1.82, 2.24) is 9.97 Å². The average molecular weight is 246 g/mol. The van der Waals surface area contributed by atoms with Gasteiger partial charge in [-0.1, -0.05) is 12.1 Å². The van der Waals surface area contributed by atoms with E-state index in [1.807, 2.05) is 0 Å². The maximum Gasteiger partial charge on any atom is 0.270 e. The number of benzene rings is 1. The van der Waals surface area contributed by atoms with Crippen LogP contribution in [0.2, 0.25) is 0 Å². The first kappa shape index (κ1) is 11.8. The third-order valence-corrected chi connectivity index (χ3v) is 2.52. The SMILES string of the molecule is Cc1c(N)nc(-c2cccc([N+](=O)[O-])c2)[nH]c1=O. The van der Waals surface area contributed by atoms with Crippen molar-refractivity contribution in [3.05, 3.63) is 50.3 Å². The molecule has 0 saturated heterocycles. The summed E-state index contributed by atoms with van der Waals surface area (Å²) in [5.74, 6) is 0.326. The van der Waals surface area contributed by atoms with Crippen molar-refractivity contribution in [2.45, 2.75) is 6.92 Å². The van der Waals surface area contributed by atoms with Crippen LogP contribution in [0.3, 0.4) is 0 Å². The Balaban J connectivity index is 2.59. The molecule has 0 amide bonds. The van der Waals surface area contributed by atoms with Gasteiger partial charge in [0.25, 0.3) is 11.2 Å². The fourth-order valence-corrected chi connectivity index (χ4v) is 1.45. The molecule has 7 nitrogen and oxygen atoms in total. The van der Waals surface area contributed by atoms with Crippen molar-refractivity contribution >= 4 is 11.5 Å². The van der Waals surface area contributed by atoms with Crippen LogP contribution in [0.4, 0.5) is 11.5 Å². The van der Waals surface area contributed by atoms with Crippen LogP contribution in [0.15, 0.2) is 29.1 Å². The minimum Gasteiger partial charge on any atom is -0.383 e. The van der Waals surface area contributed by atoms with Gasteiger partial charge in [-0.2, -0.15) is 0 Å². The summed E-state index contributed by atoms with van der Waals surface area (Å²) in [7, 11) is 0. The first-order valence-corrected chi connectivity index (χ1v) is 5.10. The molecule has 2 rings (SSSR count). The van der Waals surface area contributed by atoms with Crippen molar-refractivity contribution in [3.8, 4) is 11.4 Å². The number of hydrogen-bond donors (Lipinski definition) is 2. The summed E-state index contributed by atoms with van der Waals surface area (Å²) < 4.78 is 0. The number of anilines is 1. The van der Waals surface area contributed by atoms with Crippen LogP contribution in [-0.2, 0) is 0 Å². The summed E-state index contributed by atoms with van der Waals surface area (Å²) in [4.78, 5) is 28.2. The zero-order valence-electron chi connectivity index (χ0n) is 9.51. The molecule has 7 heteroatoms. The predicted octanol–water partition coefficient (Wildman–Crippen LogP) is 1.24. The first-order chi connectivity index (χ1) is 8.49. The summed E-state index contributed by atoms with van der Waals surface area (Å²) >= 11 is 0. The zero-order chi connectivity index (χ0) is 13.3. The van der Waals surface area contributed by atoms with Crippen molar-refractivity contribution < 1.29 is 4.92 Å². The van der Waals surface area contributed by atoms with Crippen LogP contribution in [0.5, 0.6) is 0 Å². The number of nitrogens with zero attached hydrogens (tertiary/aromatic N) is 2. The summed E-state index contributed by atoms with van der Waals surface area (Å²) in [6.45, 7) is 1.55. The minimum atomic E-state index is -0.515. The standard InChI is InChI=1S/C11H10N4O3/c1-6-9(12)13-10(14-11(6)16)7-3-2-4-8(5-7)15(17)18/h2-5H,1H3,(H3,12,13,14,16). The Morgan fingerprint density at radius 2 is 2.17 bits per heavy atom. The molecule has 0 bridgehead atoms. The fraction of sp³-hybridized carbons (Fsp3) is 0.0909. The van der Waals surface area contributed by atoms with Gasteiger partial charge in [0.2, 0.25) is 0 Å². The number of nitrogens with one attached hydrogen (secondary N) is 1. The molecule has 1 heterocycles. The smallest absolute Gasteiger partial charge is 0.270 e. The van der Waals surface area contributed by atoms with E-state index in [1.165, 1.54) is 18.2 Å². The molecule has 1 aromatic carbocycles. The molecule has 0 unspecified atom stereocenters. The Bertz CT molecular complexity index is 678. The quantitative estimate of drug-likeness (QED) is 0.610. The van der Waals surface area contributed by atoms with Crippen LogP contribution in [0, 0.1) is 17.0 Å². The maximum absolute atomic E-state index is 11.5. The van der Waals surface area contributed by atoms with Gasteiger partial charge in [0.1, 0.15) is 11.6 Å². The molecule has 0 aliphatic heterocycles. The lowest BCUT2D eigenvalue weighted by atomic mass is 10.2. The fourth-order valence-electron chi connectivity index (χ4n) is 1.45. The molecule has 0 radical (unpaired) electrons. The highest BCUT2D eigenvalue weighted by molar-refractivity contribution is 5.60. The second kappa shape index (κ2) is 4.28. The molecule has 0 saturated carbocycles. The van der Waals surface area contributed by atoms with Gasteiger partial charge < -0.3 is 10.7 Å². The van der Waals surface area contributed by atoms with Crippen LogP contribution >= 0.6 is 0 Å².